The molecule has 0 N–H and O–H groups in total. The van der Waals surface area contributed by atoms with Gasteiger partial charge in [-0.25, -0.2) is 4.39 Å². The van der Waals surface area contributed by atoms with Gasteiger partial charge in [-0.1, -0.05) is 35.3 Å². The summed E-state index contributed by atoms with van der Waals surface area (Å²) in [6.07, 6.45) is 0. The van der Waals surface area contributed by atoms with Gasteiger partial charge in [-0.3, -0.25) is 0 Å². The molecule has 0 aromatic heterocycles. The Balaban J connectivity index is 2.19. The topological polar surface area (TPSA) is 9.23 Å². The third-order valence-electron chi connectivity index (χ3n) is 2.84. The predicted octanol–water partition coefficient (Wildman–Crippen LogP) is 3.77. The summed E-state index contributed by atoms with van der Waals surface area (Å²) >= 11 is 0. The van der Waals surface area contributed by atoms with Crippen LogP contribution in [0.25, 0.3) is 0 Å². The number of aryl methyl sites for hydroxylation is 1. The summed E-state index contributed by atoms with van der Waals surface area (Å²) < 4.78 is 56.6. The molecule has 106 valence electrons. The van der Waals surface area contributed by atoms with Crippen LogP contribution in [0.5, 0.6) is 5.75 Å². The van der Waals surface area contributed by atoms with E-state index in [9.17, 15) is 17.3 Å². The molecule has 0 bridgehead atoms. The lowest BCUT2D eigenvalue weighted by Gasteiger charge is -2.20. The van der Waals surface area contributed by atoms with Crippen molar-refractivity contribution >= 4 is 12.4 Å². The third kappa shape index (κ3) is 3.53. The maximum Gasteiger partial charge on any atom is 0.513 e. The molecular weight excluding hydrogens is 271 g/mol. The number of halogens is 4. The fourth-order valence-electron chi connectivity index (χ4n) is 1.75. The summed E-state index contributed by atoms with van der Waals surface area (Å²) in [5, 5.41) is 0. The number of rotatable bonds is 4. The summed E-state index contributed by atoms with van der Waals surface area (Å²) in [7, 11) is 0. The van der Waals surface area contributed by atoms with E-state index >= 15 is 0 Å². The van der Waals surface area contributed by atoms with Gasteiger partial charge in [0.15, 0.2) is 0 Å². The standard InChI is InChI=1S/C14H12BF4O/c1-10-2-4-11(5-3-10)9-20-14-7-6-12(16)8-13(14)15(17,18)19/h2-8H,9H2,1H3/q-1. The first-order valence-electron chi connectivity index (χ1n) is 6.04. The number of benzene rings is 2. The number of hydrogen-bond acceptors (Lipinski definition) is 1. The average Bonchev–Trinajstić information content (AvgIpc) is 2.38. The van der Waals surface area contributed by atoms with Crippen LogP contribution in [0.15, 0.2) is 42.5 Å². The van der Waals surface area contributed by atoms with Crippen molar-refractivity contribution in [3.63, 3.8) is 0 Å². The van der Waals surface area contributed by atoms with E-state index in [2.05, 4.69) is 0 Å². The Kier molecular flexibility index (Phi) is 4.02. The van der Waals surface area contributed by atoms with Gasteiger partial charge in [-0.05, 0) is 30.7 Å². The van der Waals surface area contributed by atoms with Crippen molar-refractivity contribution in [1.29, 1.82) is 0 Å². The van der Waals surface area contributed by atoms with Crippen LogP contribution in [0.3, 0.4) is 0 Å². The fourth-order valence-corrected chi connectivity index (χ4v) is 1.75. The lowest BCUT2D eigenvalue weighted by Crippen LogP contribution is -2.35. The Labute approximate surface area is 114 Å². The maximum absolute atomic E-state index is 12.9. The van der Waals surface area contributed by atoms with Crippen LogP contribution < -0.4 is 10.2 Å². The second-order valence-corrected chi connectivity index (χ2v) is 4.53. The van der Waals surface area contributed by atoms with Gasteiger partial charge in [0, 0.05) is 0 Å². The van der Waals surface area contributed by atoms with E-state index in [0.29, 0.717) is 6.07 Å². The summed E-state index contributed by atoms with van der Waals surface area (Å²) in [5.41, 5.74) is 0.757. The highest BCUT2D eigenvalue weighted by molar-refractivity contribution is 6.74. The SMILES string of the molecule is Cc1ccc(COc2ccc(F)cc2[B-](F)(F)F)cc1. The second kappa shape index (κ2) is 5.57. The summed E-state index contributed by atoms with van der Waals surface area (Å²) in [4.78, 5) is 0. The second-order valence-electron chi connectivity index (χ2n) is 4.53. The quantitative estimate of drug-likeness (QED) is 0.613. The first-order valence-corrected chi connectivity index (χ1v) is 6.04. The summed E-state index contributed by atoms with van der Waals surface area (Å²) in [6, 6.07) is 9.67. The van der Waals surface area contributed by atoms with Gasteiger partial charge in [0.2, 0.25) is 0 Å². The molecule has 0 unspecified atom stereocenters. The molecule has 0 heterocycles. The van der Waals surface area contributed by atoms with Gasteiger partial charge in [0.1, 0.15) is 12.4 Å². The minimum atomic E-state index is -5.31. The molecule has 0 aliphatic carbocycles. The molecule has 1 nitrogen and oxygen atoms in total. The van der Waals surface area contributed by atoms with E-state index < -0.39 is 18.3 Å². The molecular formula is C14H12BF4O-. The Morgan fingerprint density at radius 1 is 1.00 bits per heavy atom. The predicted molar refractivity (Wildman–Crippen MR) is 70.6 cm³/mol. The van der Waals surface area contributed by atoms with Crippen LogP contribution in [0.2, 0.25) is 0 Å². The van der Waals surface area contributed by atoms with Crippen molar-refractivity contribution in [2.75, 3.05) is 0 Å². The molecule has 0 fully saturated rings. The van der Waals surface area contributed by atoms with Crippen LogP contribution in [0.4, 0.5) is 17.3 Å². The van der Waals surface area contributed by atoms with Crippen molar-refractivity contribution in [2.45, 2.75) is 13.5 Å². The van der Waals surface area contributed by atoms with Crippen LogP contribution >= 0.6 is 0 Å². The molecule has 0 saturated carbocycles. The van der Waals surface area contributed by atoms with E-state index in [4.69, 9.17) is 4.74 Å². The fraction of sp³-hybridized carbons (Fsp3) is 0.143. The normalized spacial score (nSPS) is 11.4. The van der Waals surface area contributed by atoms with Gasteiger partial charge >= 0.3 is 6.98 Å². The smallest absolute Gasteiger partial charge is 0.492 e. The Hall–Kier alpha value is -1.98. The highest BCUT2D eigenvalue weighted by Gasteiger charge is 2.29. The minimum absolute atomic E-state index is 0.00503. The highest BCUT2D eigenvalue weighted by atomic mass is 19.4. The van der Waals surface area contributed by atoms with E-state index in [1.165, 1.54) is 0 Å². The Morgan fingerprint density at radius 2 is 1.65 bits per heavy atom. The zero-order chi connectivity index (χ0) is 14.8. The number of hydrogen-bond donors (Lipinski definition) is 0. The number of ether oxygens (including phenoxy) is 1. The zero-order valence-electron chi connectivity index (χ0n) is 10.7. The van der Waals surface area contributed by atoms with Crippen LogP contribution in [0.1, 0.15) is 11.1 Å². The molecule has 0 aliphatic heterocycles. The Bertz CT molecular complexity index is 593. The molecule has 0 spiro atoms. The lowest BCUT2D eigenvalue weighted by atomic mass is 9.79. The zero-order valence-corrected chi connectivity index (χ0v) is 10.7. The van der Waals surface area contributed by atoms with E-state index in [1.807, 2.05) is 19.1 Å². The molecule has 2 aromatic carbocycles. The molecule has 2 aromatic rings. The molecule has 0 aliphatic rings. The van der Waals surface area contributed by atoms with Gasteiger partial charge < -0.3 is 17.7 Å². The van der Waals surface area contributed by atoms with E-state index in [-0.39, 0.29) is 12.4 Å². The van der Waals surface area contributed by atoms with Crippen LogP contribution in [0, 0.1) is 12.7 Å². The maximum atomic E-state index is 12.9. The first-order chi connectivity index (χ1) is 9.36. The van der Waals surface area contributed by atoms with Gasteiger partial charge in [-0.15, -0.1) is 0 Å². The van der Waals surface area contributed by atoms with Crippen molar-refractivity contribution < 1.29 is 22.1 Å². The molecule has 20 heavy (non-hydrogen) atoms. The van der Waals surface area contributed by atoms with Crippen molar-refractivity contribution in [3.8, 4) is 5.75 Å². The van der Waals surface area contributed by atoms with Gasteiger partial charge in [0.25, 0.3) is 0 Å². The van der Waals surface area contributed by atoms with Gasteiger partial charge in [0.05, 0.1) is 5.75 Å². The van der Waals surface area contributed by atoms with Crippen LogP contribution in [-0.2, 0) is 6.61 Å². The lowest BCUT2D eigenvalue weighted by molar-refractivity contribution is 0.306. The van der Waals surface area contributed by atoms with Gasteiger partial charge in [-0.2, -0.15) is 0 Å². The first kappa shape index (κ1) is 14.4. The van der Waals surface area contributed by atoms with Crippen molar-refractivity contribution in [2.24, 2.45) is 0 Å². The molecule has 0 saturated heterocycles. The van der Waals surface area contributed by atoms with E-state index in [1.54, 1.807) is 12.1 Å². The summed E-state index contributed by atoms with van der Waals surface area (Å²) in [5.74, 6) is -1.28. The molecule has 0 radical (unpaired) electrons. The largest absolute Gasteiger partial charge is 0.513 e. The average molecular weight is 283 g/mol. The minimum Gasteiger partial charge on any atom is -0.492 e. The molecule has 0 amide bonds. The van der Waals surface area contributed by atoms with Crippen molar-refractivity contribution in [3.05, 3.63) is 59.4 Å². The molecule has 0 atom stereocenters. The summed E-state index contributed by atoms with van der Waals surface area (Å²) in [6.45, 7) is -3.39. The molecule has 2 rings (SSSR count). The Morgan fingerprint density at radius 3 is 2.25 bits per heavy atom. The molecule has 6 heteroatoms. The third-order valence-corrected chi connectivity index (χ3v) is 2.84. The van der Waals surface area contributed by atoms with E-state index in [0.717, 1.165) is 23.3 Å². The monoisotopic (exact) mass is 283 g/mol. The van der Waals surface area contributed by atoms with Crippen LogP contribution in [-0.4, -0.2) is 6.98 Å². The van der Waals surface area contributed by atoms with Crippen molar-refractivity contribution in [1.82, 2.24) is 0 Å². The highest BCUT2D eigenvalue weighted by Crippen LogP contribution is 2.20.